The summed E-state index contributed by atoms with van der Waals surface area (Å²) in [5.74, 6) is -1.51. The Hall–Kier alpha value is -1.89. The summed E-state index contributed by atoms with van der Waals surface area (Å²) in [6, 6.07) is 1.90. The van der Waals surface area contributed by atoms with Gasteiger partial charge in [0.25, 0.3) is 5.91 Å². The predicted octanol–water partition coefficient (Wildman–Crippen LogP) is 2.14. The number of hydrogen-bond acceptors (Lipinski definition) is 5. The molecule has 2 aliphatic rings. The Balaban J connectivity index is 1.68. The van der Waals surface area contributed by atoms with Gasteiger partial charge in [-0.1, -0.05) is 13.8 Å². The monoisotopic (exact) mass is 378 g/mol. The molecular formula is C19H26N2O4S. The molecular weight excluding hydrogens is 352 g/mol. The summed E-state index contributed by atoms with van der Waals surface area (Å²) in [4.78, 5) is 40.4. The molecule has 2 atom stereocenters. The third-order valence-electron chi connectivity index (χ3n) is 5.17. The number of carbonyl (C=O) groups is 3. The van der Waals surface area contributed by atoms with E-state index in [4.69, 9.17) is 10.5 Å². The molecule has 1 aromatic rings. The molecule has 2 amide bonds. The molecule has 3 rings (SSSR count). The maximum Gasteiger partial charge on any atom is 0.349 e. The predicted molar refractivity (Wildman–Crippen MR) is 98.9 cm³/mol. The molecule has 0 radical (unpaired) electrons. The SMILES string of the molecule is CC(C)[C@@H](OC(=O)c1cc2c(s1)CCC2)C(=O)N1CCC[C@H](C(N)=O)C1. The maximum absolute atomic E-state index is 12.9. The first kappa shape index (κ1) is 18.9. The number of carbonyl (C=O) groups excluding carboxylic acids is 3. The van der Waals surface area contributed by atoms with Crippen molar-refractivity contribution in [1.82, 2.24) is 4.90 Å². The van der Waals surface area contributed by atoms with Crippen molar-refractivity contribution in [1.29, 1.82) is 0 Å². The van der Waals surface area contributed by atoms with E-state index < -0.39 is 12.1 Å². The molecule has 0 aromatic carbocycles. The van der Waals surface area contributed by atoms with E-state index in [0.717, 1.165) is 25.7 Å². The van der Waals surface area contributed by atoms with Gasteiger partial charge in [-0.15, -0.1) is 11.3 Å². The summed E-state index contributed by atoms with van der Waals surface area (Å²) in [6.07, 6.45) is 3.75. The number of likely N-dealkylation sites (tertiary alicyclic amines) is 1. The van der Waals surface area contributed by atoms with Crippen LogP contribution in [-0.4, -0.2) is 41.9 Å². The van der Waals surface area contributed by atoms with E-state index in [1.165, 1.54) is 21.8 Å². The molecule has 1 aliphatic heterocycles. The van der Waals surface area contributed by atoms with Crippen molar-refractivity contribution in [2.45, 2.75) is 52.1 Å². The molecule has 1 saturated heterocycles. The van der Waals surface area contributed by atoms with Crippen molar-refractivity contribution in [3.63, 3.8) is 0 Å². The number of nitrogens with zero attached hydrogens (tertiary/aromatic N) is 1. The second-order valence-corrected chi connectivity index (χ2v) is 8.65. The summed E-state index contributed by atoms with van der Waals surface area (Å²) in [7, 11) is 0. The summed E-state index contributed by atoms with van der Waals surface area (Å²) < 4.78 is 5.61. The molecule has 0 saturated carbocycles. The average molecular weight is 378 g/mol. The topological polar surface area (TPSA) is 89.7 Å². The highest BCUT2D eigenvalue weighted by Gasteiger charge is 2.35. The van der Waals surface area contributed by atoms with Crippen LogP contribution in [0.25, 0.3) is 0 Å². The molecule has 6 nitrogen and oxygen atoms in total. The van der Waals surface area contributed by atoms with E-state index in [1.54, 1.807) is 4.90 Å². The number of rotatable bonds is 5. The Morgan fingerprint density at radius 2 is 2.04 bits per heavy atom. The van der Waals surface area contributed by atoms with Gasteiger partial charge >= 0.3 is 5.97 Å². The average Bonchev–Trinajstić information content (AvgIpc) is 3.20. The van der Waals surface area contributed by atoms with Crippen LogP contribution >= 0.6 is 11.3 Å². The molecule has 1 aliphatic carbocycles. The molecule has 0 bridgehead atoms. The number of ether oxygens (including phenoxy) is 1. The number of thiophene rings is 1. The molecule has 0 unspecified atom stereocenters. The van der Waals surface area contributed by atoms with Gasteiger partial charge in [0.15, 0.2) is 6.10 Å². The third kappa shape index (κ3) is 3.92. The number of hydrogen-bond donors (Lipinski definition) is 1. The Bertz CT molecular complexity index is 691. The van der Waals surface area contributed by atoms with Gasteiger partial charge < -0.3 is 15.4 Å². The first-order chi connectivity index (χ1) is 12.4. The Morgan fingerprint density at radius 3 is 2.69 bits per heavy atom. The summed E-state index contributed by atoms with van der Waals surface area (Å²) >= 11 is 1.47. The van der Waals surface area contributed by atoms with Gasteiger partial charge in [-0.2, -0.15) is 0 Å². The standard InChI is InChI=1S/C19H26N2O4S/c1-11(2)16(18(23)21-8-4-6-13(10-21)17(20)22)25-19(24)15-9-12-5-3-7-14(12)26-15/h9,11,13,16H,3-8,10H2,1-2H3,(H2,20,22)/t13-,16+/m0/s1. The fourth-order valence-electron chi connectivity index (χ4n) is 3.66. The minimum absolute atomic E-state index is 0.146. The first-order valence-electron chi connectivity index (χ1n) is 9.27. The summed E-state index contributed by atoms with van der Waals surface area (Å²) in [5.41, 5.74) is 6.63. The fraction of sp³-hybridized carbons (Fsp3) is 0.632. The smallest absolute Gasteiger partial charge is 0.349 e. The minimum Gasteiger partial charge on any atom is -0.448 e. The lowest BCUT2D eigenvalue weighted by atomic mass is 9.96. The lowest BCUT2D eigenvalue weighted by Crippen LogP contribution is -2.50. The van der Waals surface area contributed by atoms with Crippen molar-refractivity contribution in [3.05, 3.63) is 21.4 Å². The van der Waals surface area contributed by atoms with Gasteiger partial charge in [0.05, 0.1) is 5.92 Å². The van der Waals surface area contributed by atoms with Gasteiger partial charge in [-0.05, 0) is 49.7 Å². The van der Waals surface area contributed by atoms with Gasteiger partial charge in [-0.3, -0.25) is 9.59 Å². The van der Waals surface area contributed by atoms with E-state index in [-0.39, 0.29) is 23.7 Å². The molecule has 2 heterocycles. The molecule has 142 valence electrons. The van der Waals surface area contributed by atoms with Gasteiger partial charge in [0.2, 0.25) is 5.91 Å². The largest absolute Gasteiger partial charge is 0.448 e. The van der Waals surface area contributed by atoms with E-state index in [2.05, 4.69) is 0 Å². The number of piperidine rings is 1. The van der Waals surface area contributed by atoms with Crippen LogP contribution in [0.15, 0.2) is 6.07 Å². The number of primary amides is 1. The second-order valence-electron chi connectivity index (χ2n) is 7.51. The van der Waals surface area contributed by atoms with Crippen LogP contribution in [0.1, 0.15) is 53.2 Å². The number of aryl methyl sites for hydroxylation is 2. The molecule has 26 heavy (non-hydrogen) atoms. The van der Waals surface area contributed by atoms with Crippen LogP contribution in [0, 0.1) is 11.8 Å². The van der Waals surface area contributed by atoms with Crippen LogP contribution in [0.4, 0.5) is 0 Å². The van der Waals surface area contributed by atoms with E-state index in [1.807, 2.05) is 19.9 Å². The maximum atomic E-state index is 12.9. The van der Waals surface area contributed by atoms with Gasteiger partial charge in [0, 0.05) is 18.0 Å². The quantitative estimate of drug-likeness (QED) is 0.795. The number of nitrogens with two attached hydrogens (primary N) is 1. The van der Waals surface area contributed by atoms with Crippen LogP contribution in [0.5, 0.6) is 0 Å². The highest BCUT2D eigenvalue weighted by Crippen LogP contribution is 2.31. The van der Waals surface area contributed by atoms with Crippen molar-refractivity contribution < 1.29 is 19.1 Å². The molecule has 1 fully saturated rings. The second kappa shape index (κ2) is 7.78. The first-order valence-corrected chi connectivity index (χ1v) is 10.1. The van der Waals surface area contributed by atoms with Gasteiger partial charge in [-0.25, -0.2) is 4.79 Å². The van der Waals surface area contributed by atoms with Crippen molar-refractivity contribution in [3.8, 4) is 0 Å². The van der Waals surface area contributed by atoms with E-state index in [9.17, 15) is 14.4 Å². The summed E-state index contributed by atoms with van der Waals surface area (Å²) in [5, 5.41) is 0. The van der Waals surface area contributed by atoms with Crippen LogP contribution in [-0.2, 0) is 27.2 Å². The van der Waals surface area contributed by atoms with Crippen molar-refractivity contribution in [2.75, 3.05) is 13.1 Å². The zero-order valence-electron chi connectivity index (χ0n) is 15.3. The van der Waals surface area contributed by atoms with Crippen LogP contribution < -0.4 is 5.73 Å². The van der Waals surface area contributed by atoms with Crippen LogP contribution in [0.3, 0.4) is 0 Å². The minimum atomic E-state index is -0.842. The normalized spacial score (nSPS) is 20.7. The third-order valence-corrected chi connectivity index (χ3v) is 6.38. The highest BCUT2D eigenvalue weighted by molar-refractivity contribution is 7.14. The molecule has 2 N–H and O–H groups in total. The number of esters is 1. The number of amides is 2. The number of fused-ring (bicyclic) bond motifs is 1. The Labute approximate surface area is 157 Å². The van der Waals surface area contributed by atoms with E-state index in [0.29, 0.717) is 24.4 Å². The lowest BCUT2D eigenvalue weighted by Gasteiger charge is -2.34. The van der Waals surface area contributed by atoms with Crippen molar-refractivity contribution in [2.24, 2.45) is 17.6 Å². The van der Waals surface area contributed by atoms with Crippen molar-refractivity contribution >= 4 is 29.1 Å². The van der Waals surface area contributed by atoms with E-state index >= 15 is 0 Å². The Kier molecular flexibility index (Phi) is 5.65. The molecule has 0 spiro atoms. The highest BCUT2D eigenvalue weighted by atomic mass is 32.1. The van der Waals surface area contributed by atoms with Crippen LogP contribution in [0.2, 0.25) is 0 Å². The zero-order valence-corrected chi connectivity index (χ0v) is 16.1. The molecule has 7 heteroatoms. The summed E-state index contributed by atoms with van der Waals surface area (Å²) in [6.45, 7) is 4.60. The Morgan fingerprint density at radius 1 is 1.27 bits per heavy atom. The van der Waals surface area contributed by atoms with Gasteiger partial charge in [0.1, 0.15) is 4.88 Å². The zero-order chi connectivity index (χ0) is 18.8. The lowest BCUT2D eigenvalue weighted by molar-refractivity contribution is -0.145. The molecule has 1 aromatic heterocycles. The fourth-order valence-corrected chi connectivity index (χ4v) is 4.80.